The highest BCUT2D eigenvalue weighted by Gasteiger charge is 2.05. The fourth-order valence-electron chi connectivity index (χ4n) is 1.39. The summed E-state index contributed by atoms with van der Waals surface area (Å²) in [5.74, 6) is 0.669. The van der Waals surface area contributed by atoms with Crippen molar-refractivity contribution < 1.29 is 4.42 Å². The molecular weight excluding hydrogens is 256 g/mol. The van der Waals surface area contributed by atoms with Crippen LogP contribution in [0.2, 0.25) is 0 Å². The fraction of sp³-hybridized carbons (Fsp3) is 0.182. The van der Waals surface area contributed by atoms with Crippen LogP contribution in [-0.2, 0) is 6.54 Å². The predicted molar refractivity (Wildman–Crippen MR) is 62.3 cm³/mol. The van der Waals surface area contributed by atoms with Gasteiger partial charge in [-0.25, -0.2) is 4.98 Å². The van der Waals surface area contributed by atoms with Crippen LogP contribution in [0, 0.1) is 6.92 Å². The van der Waals surface area contributed by atoms with Gasteiger partial charge in [0.15, 0.2) is 5.89 Å². The van der Waals surface area contributed by atoms with E-state index in [9.17, 15) is 0 Å². The fourth-order valence-corrected chi connectivity index (χ4v) is 1.80. The minimum atomic E-state index is 0.505. The molecule has 2 N–H and O–H groups in total. The first-order valence-corrected chi connectivity index (χ1v) is 5.41. The lowest BCUT2D eigenvalue weighted by Crippen LogP contribution is -1.97. The Bertz CT molecular complexity index is 479. The monoisotopic (exact) mass is 266 g/mol. The molecule has 15 heavy (non-hydrogen) atoms. The summed E-state index contributed by atoms with van der Waals surface area (Å²) < 4.78 is 6.19. The number of nitrogens with two attached hydrogens (primary N) is 1. The summed E-state index contributed by atoms with van der Waals surface area (Å²) in [7, 11) is 0. The maximum absolute atomic E-state index is 5.63. The molecule has 0 spiro atoms. The zero-order chi connectivity index (χ0) is 10.8. The largest absolute Gasteiger partial charge is 0.449 e. The van der Waals surface area contributed by atoms with E-state index in [1.807, 2.05) is 25.1 Å². The SMILES string of the molecule is Cc1nc(-c2ccc(Br)c(CN)c2)co1. The Labute approximate surface area is 96.4 Å². The molecule has 1 aromatic carbocycles. The minimum Gasteiger partial charge on any atom is -0.449 e. The number of oxazole rings is 1. The van der Waals surface area contributed by atoms with Crippen LogP contribution < -0.4 is 5.73 Å². The maximum Gasteiger partial charge on any atom is 0.191 e. The Kier molecular flexibility index (Phi) is 2.88. The van der Waals surface area contributed by atoms with E-state index in [0.29, 0.717) is 12.4 Å². The van der Waals surface area contributed by atoms with Crippen LogP contribution >= 0.6 is 15.9 Å². The second kappa shape index (κ2) is 4.16. The van der Waals surface area contributed by atoms with Crippen LogP contribution in [0.4, 0.5) is 0 Å². The van der Waals surface area contributed by atoms with Crippen LogP contribution in [0.1, 0.15) is 11.5 Å². The quantitative estimate of drug-likeness (QED) is 0.910. The Morgan fingerprint density at radius 3 is 2.87 bits per heavy atom. The van der Waals surface area contributed by atoms with Crippen LogP contribution in [0.3, 0.4) is 0 Å². The highest BCUT2D eigenvalue weighted by atomic mass is 79.9. The number of halogens is 1. The van der Waals surface area contributed by atoms with Crippen molar-refractivity contribution >= 4 is 15.9 Å². The van der Waals surface area contributed by atoms with Gasteiger partial charge in [-0.1, -0.05) is 22.0 Å². The molecular formula is C11H11BrN2O. The van der Waals surface area contributed by atoms with Crippen LogP contribution in [0.5, 0.6) is 0 Å². The molecule has 0 fully saturated rings. The van der Waals surface area contributed by atoms with Crippen molar-refractivity contribution in [1.29, 1.82) is 0 Å². The van der Waals surface area contributed by atoms with Gasteiger partial charge in [-0.05, 0) is 17.7 Å². The molecule has 3 nitrogen and oxygen atoms in total. The van der Waals surface area contributed by atoms with Crippen molar-refractivity contribution in [1.82, 2.24) is 4.98 Å². The normalized spacial score (nSPS) is 10.6. The summed E-state index contributed by atoms with van der Waals surface area (Å²) in [6.45, 7) is 2.33. The van der Waals surface area contributed by atoms with E-state index in [-0.39, 0.29) is 0 Å². The molecule has 0 radical (unpaired) electrons. The van der Waals surface area contributed by atoms with Gasteiger partial charge in [-0.2, -0.15) is 0 Å². The summed E-state index contributed by atoms with van der Waals surface area (Å²) in [6, 6.07) is 5.98. The van der Waals surface area contributed by atoms with Gasteiger partial charge in [-0.3, -0.25) is 0 Å². The standard InChI is InChI=1S/C11H11BrN2O/c1-7-14-11(6-15-7)8-2-3-10(12)9(4-8)5-13/h2-4,6H,5,13H2,1H3. The Hall–Kier alpha value is -1.13. The second-order valence-electron chi connectivity index (χ2n) is 3.26. The summed E-state index contributed by atoms with van der Waals surface area (Å²) in [5, 5.41) is 0. The van der Waals surface area contributed by atoms with Crippen molar-refractivity contribution in [2.75, 3.05) is 0 Å². The zero-order valence-corrected chi connectivity index (χ0v) is 9.91. The molecule has 0 atom stereocenters. The summed E-state index contributed by atoms with van der Waals surface area (Å²) >= 11 is 3.44. The van der Waals surface area contributed by atoms with Crippen molar-refractivity contribution in [2.24, 2.45) is 5.73 Å². The molecule has 0 amide bonds. The molecule has 0 aliphatic heterocycles. The van der Waals surface area contributed by atoms with E-state index < -0.39 is 0 Å². The van der Waals surface area contributed by atoms with Crippen molar-refractivity contribution in [3.05, 3.63) is 40.4 Å². The number of nitrogens with zero attached hydrogens (tertiary/aromatic N) is 1. The van der Waals surface area contributed by atoms with Gasteiger partial charge < -0.3 is 10.2 Å². The molecule has 0 bridgehead atoms. The Morgan fingerprint density at radius 2 is 2.27 bits per heavy atom. The molecule has 0 aliphatic rings. The van der Waals surface area contributed by atoms with Gasteiger partial charge in [0.2, 0.25) is 0 Å². The second-order valence-corrected chi connectivity index (χ2v) is 4.12. The first kappa shape index (κ1) is 10.4. The Balaban J connectivity index is 2.45. The number of hydrogen-bond donors (Lipinski definition) is 1. The number of aromatic nitrogens is 1. The number of aryl methyl sites for hydroxylation is 1. The smallest absolute Gasteiger partial charge is 0.191 e. The van der Waals surface area contributed by atoms with Crippen molar-refractivity contribution in [3.63, 3.8) is 0 Å². The van der Waals surface area contributed by atoms with Gasteiger partial charge in [0, 0.05) is 23.5 Å². The highest BCUT2D eigenvalue weighted by Crippen LogP contribution is 2.24. The molecule has 0 aliphatic carbocycles. The lowest BCUT2D eigenvalue weighted by Gasteiger charge is -2.03. The van der Waals surface area contributed by atoms with E-state index in [1.54, 1.807) is 6.26 Å². The molecule has 0 unspecified atom stereocenters. The molecule has 78 valence electrons. The molecule has 1 heterocycles. The van der Waals surface area contributed by atoms with Gasteiger partial charge in [0.1, 0.15) is 12.0 Å². The topological polar surface area (TPSA) is 52.0 Å². The molecule has 2 rings (SSSR count). The Morgan fingerprint density at radius 1 is 1.47 bits per heavy atom. The van der Waals surface area contributed by atoms with E-state index in [2.05, 4.69) is 20.9 Å². The van der Waals surface area contributed by atoms with Crippen molar-refractivity contribution in [3.8, 4) is 11.3 Å². The zero-order valence-electron chi connectivity index (χ0n) is 8.33. The van der Waals surface area contributed by atoms with Crippen LogP contribution in [-0.4, -0.2) is 4.98 Å². The van der Waals surface area contributed by atoms with E-state index in [0.717, 1.165) is 21.3 Å². The summed E-state index contributed by atoms with van der Waals surface area (Å²) in [5.41, 5.74) is 8.56. The number of rotatable bonds is 2. The third-order valence-electron chi connectivity index (χ3n) is 2.18. The van der Waals surface area contributed by atoms with Gasteiger partial charge >= 0.3 is 0 Å². The summed E-state index contributed by atoms with van der Waals surface area (Å²) in [6.07, 6.45) is 1.65. The van der Waals surface area contributed by atoms with Gasteiger partial charge in [0.25, 0.3) is 0 Å². The van der Waals surface area contributed by atoms with Crippen LogP contribution in [0.25, 0.3) is 11.3 Å². The first-order chi connectivity index (χ1) is 7.20. The number of hydrogen-bond acceptors (Lipinski definition) is 3. The molecule has 0 saturated carbocycles. The highest BCUT2D eigenvalue weighted by molar-refractivity contribution is 9.10. The van der Waals surface area contributed by atoms with E-state index in [4.69, 9.17) is 10.2 Å². The molecule has 2 aromatic rings. The summed E-state index contributed by atoms with van der Waals surface area (Å²) in [4.78, 5) is 4.26. The third kappa shape index (κ3) is 2.11. The lowest BCUT2D eigenvalue weighted by atomic mass is 10.1. The van der Waals surface area contributed by atoms with Gasteiger partial charge in [0.05, 0.1) is 0 Å². The molecule has 0 saturated heterocycles. The van der Waals surface area contributed by atoms with Gasteiger partial charge in [-0.15, -0.1) is 0 Å². The molecule has 1 aromatic heterocycles. The van der Waals surface area contributed by atoms with Crippen molar-refractivity contribution in [2.45, 2.75) is 13.5 Å². The molecule has 4 heteroatoms. The number of benzene rings is 1. The van der Waals surface area contributed by atoms with Crippen LogP contribution in [0.15, 0.2) is 33.4 Å². The average Bonchev–Trinajstić information content (AvgIpc) is 2.66. The minimum absolute atomic E-state index is 0.505. The maximum atomic E-state index is 5.63. The lowest BCUT2D eigenvalue weighted by molar-refractivity contribution is 0.521. The predicted octanol–water partition coefficient (Wildman–Crippen LogP) is 2.87. The van der Waals surface area contributed by atoms with E-state index in [1.165, 1.54) is 0 Å². The van der Waals surface area contributed by atoms with E-state index >= 15 is 0 Å². The average molecular weight is 267 g/mol. The third-order valence-corrected chi connectivity index (χ3v) is 2.95. The first-order valence-electron chi connectivity index (χ1n) is 4.61.